The first kappa shape index (κ1) is 13.5. The van der Waals surface area contributed by atoms with Crippen LogP contribution in [0.2, 0.25) is 0 Å². The molecule has 0 atom stereocenters. The van der Waals surface area contributed by atoms with Gasteiger partial charge in [0, 0.05) is 11.9 Å². The van der Waals surface area contributed by atoms with E-state index in [2.05, 4.69) is 5.32 Å². The molecule has 0 aliphatic heterocycles. The normalized spacial score (nSPS) is 10.0. The Bertz CT molecular complexity index is 414. The molecule has 2 N–H and O–H groups in total. The maximum atomic E-state index is 11.0. The molecule has 0 aliphatic carbocycles. The third-order valence-electron chi connectivity index (χ3n) is 2.08. The summed E-state index contributed by atoms with van der Waals surface area (Å²) in [5, 5.41) is 11.4. The maximum absolute atomic E-state index is 11.0. The lowest BCUT2D eigenvalue weighted by Crippen LogP contribution is -2.25. The zero-order valence-corrected chi connectivity index (χ0v) is 10.6. The van der Waals surface area contributed by atoms with Crippen molar-refractivity contribution in [3.63, 3.8) is 0 Å². The van der Waals surface area contributed by atoms with Crippen molar-refractivity contribution in [2.75, 3.05) is 13.7 Å². The van der Waals surface area contributed by atoms with Crippen LogP contribution in [0.1, 0.15) is 27.9 Å². The molecule has 1 aromatic rings. The molecule has 0 radical (unpaired) electrons. The minimum Gasteiger partial charge on any atom is -0.482 e. The Morgan fingerprint density at radius 2 is 2.24 bits per heavy atom. The topological polar surface area (TPSA) is 75.6 Å². The predicted octanol–water partition coefficient (Wildman–Crippen LogP) is 1.52. The average molecular weight is 257 g/mol. The first-order valence-corrected chi connectivity index (χ1v) is 6.09. The molecular weight excluding hydrogens is 242 g/mol. The van der Waals surface area contributed by atoms with Gasteiger partial charge in [0.25, 0.3) is 5.91 Å². The summed E-state index contributed by atoms with van der Waals surface area (Å²) < 4.78 is 5.20. The number of rotatable bonds is 6. The van der Waals surface area contributed by atoms with E-state index in [9.17, 15) is 9.59 Å². The van der Waals surface area contributed by atoms with Crippen molar-refractivity contribution in [1.29, 1.82) is 0 Å². The average Bonchev–Trinajstić information content (AvgIpc) is 2.69. The molecule has 0 saturated heterocycles. The van der Waals surface area contributed by atoms with E-state index in [-0.39, 0.29) is 23.1 Å². The number of carbonyl (C=O) groups excluding carboxylic acids is 1. The van der Waals surface area contributed by atoms with Crippen LogP contribution in [0, 0.1) is 0 Å². The minimum atomic E-state index is -1.02. The second-order valence-electron chi connectivity index (χ2n) is 3.42. The number of hydrogen-bond donors (Lipinski definition) is 2. The molecule has 0 saturated carbocycles. The van der Waals surface area contributed by atoms with Crippen molar-refractivity contribution in [3.8, 4) is 5.75 Å². The largest absolute Gasteiger partial charge is 0.482 e. The van der Waals surface area contributed by atoms with Gasteiger partial charge in [-0.1, -0.05) is 13.3 Å². The van der Waals surface area contributed by atoms with Crippen molar-refractivity contribution in [1.82, 2.24) is 5.32 Å². The van der Waals surface area contributed by atoms with Crippen LogP contribution in [-0.4, -0.2) is 30.6 Å². The van der Waals surface area contributed by atoms with Gasteiger partial charge < -0.3 is 15.2 Å². The molecule has 1 amide bonds. The van der Waals surface area contributed by atoms with Crippen molar-refractivity contribution in [2.24, 2.45) is 0 Å². The van der Waals surface area contributed by atoms with Crippen LogP contribution in [0.5, 0.6) is 5.75 Å². The van der Waals surface area contributed by atoms with Crippen LogP contribution < -0.4 is 10.1 Å². The molecule has 1 rings (SSSR count). The highest BCUT2D eigenvalue weighted by molar-refractivity contribution is 7.14. The van der Waals surface area contributed by atoms with Crippen molar-refractivity contribution >= 4 is 23.2 Å². The van der Waals surface area contributed by atoms with Gasteiger partial charge >= 0.3 is 5.97 Å². The number of thiophene rings is 1. The van der Waals surface area contributed by atoms with Crippen LogP contribution in [0.4, 0.5) is 0 Å². The van der Waals surface area contributed by atoms with Crippen molar-refractivity contribution < 1.29 is 19.4 Å². The van der Waals surface area contributed by atoms with Gasteiger partial charge in [0.15, 0.2) is 11.5 Å². The van der Waals surface area contributed by atoms with Gasteiger partial charge in [0.1, 0.15) is 5.75 Å². The van der Waals surface area contributed by atoms with E-state index >= 15 is 0 Å². The highest BCUT2D eigenvalue weighted by Crippen LogP contribution is 2.30. The van der Waals surface area contributed by atoms with Crippen LogP contribution in [0.15, 0.2) is 6.07 Å². The Morgan fingerprint density at radius 1 is 1.53 bits per heavy atom. The molecule has 1 aromatic heterocycles. The molecule has 0 fully saturated rings. The number of likely N-dealkylation sites (N-methyl/N-ethyl adjacent to an activating group) is 1. The summed E-state index contributed by atoms with van der Waals surface area (Å²) in [5.41, 5.74) is 0. The third kappa shape index (κ3) is 3.74. The van der Waals surface area contributed by atoms with Gasteiger partial charge in [-0.2, -0.15) is 0 Å². The number of nitrogens with one attached hydrogen (secondary N) is 1. The summed E-state index contributed by atoms with van der Waals surface area (Å²) in [6.07, 6.45) is 1.75. The standard InChI is InChI=1S/C11H15NO4S/c1-3-4-7-5-8(10(17-7)11(14)15)16-6-9(13)12-2/h5H,3-4,6H2,1-2H3,(H,12,13)(H,14,15). The smallest absolute Gasteiger partial charge is 0.349 e. The fourth-order valence-electron chi connectivity index (χ4n) is 1.26. The first-order valence-electron chi connectivity index (χ1n) is 5.27. The quantitative estimate of drug-likeness (QED) is 0.810. The molecule has 0 spiro atoms. The summed E-state index contributed by atoms with van der Waals surface area (Å²) >= 11 is 1.20. The molecule has 0 aromatic carbocycles. The van der Waals surface area contributed by atoms with Crippen LogP contribution in [0.25, 0.3) is 0 Å². The van der Waals surface area contributed by atoms with Crippen LogP contribution in [0.3, 0.4) is 0 Å². The Hall–Kier alpha value is -1.56. The van der Waals surface area contributed by atoms with Gasteiger partial charge in [-0.15, -0.1) is 11.3 Å². The van der Waals surface area contributed by atoms with Crippen LogP contribution >= 0.6 is 11.3 Å². The van der Waals surface area contributed by atoms with E-state index in [4.69, 9.17) is 9.84 Å². The fourth-order valence-corrected chi connectivity index (χ4v) is 2.30. The Kier molecular flexibility index (Phi) is 4.96. The highest BCUT2D eigenvalue weighted by atomic mass is 32.1. The Balaban J connectivity index is 2.81. The fraction of sp³-hybridized carbons (Fsp3) is 0.455. The summed E-state index contributed by atoms with van der Waals surface area (Å²) in [7, 11) is 1.50. The number of carboxylic acids is 1. The number of carboxylic acid groups (broad SMARTS) is 1. The number of carbonyl (C=O) groups is 2. The van der Waals surface area contributed by atoms with E-state index in [1.165, 1.54) is 18.4 Å². The Labute approximate surface area is 103 Å². The zero-order chi connectivity index (χ0) is 12.8. The number of aryl methyl sites for hydroxylation is 1. The summed E-state index contributed by atoms with van der Waals surface area (Å²) in [5.74, 6) is -1.04. The number of hydrogen-bond acceptors (Lipinski definition) is 4. The highest BCUT2D eigenvalue weighted by Gasteiger charge is 2.17. The SMILES string of the molecule is CCCc1cc(OCC(=O)NC)c(C(=O)O)s1. The molecule has 5 nitrogen and oxygen atoms in total. The summed E-state index contributed by atoms with van der Waals surface area (Å²) in [4.78, 5) is 23.1. The molecule has 6 heteroatoms. The molecule has 17 heavy (non-hydrogen) atoms. The second-order valence-corrected chi connectivity index (χ2v) is 4.56. The maximum Gasteiger partial charge on any atom is 0.349 e. The number of aromatic carboxylic acids is 1. The second kappa shape index (κ2) is 6.24. The first-order chi connectivity index (χ1) is 8.08. The summed E-state index contributed by atoms with van der Waals surface area (Å²) in [6.45, 7) is 1.85. The van der Waals surface area contributed by atoms with Crippen LogP contribution in [-0.2, 0) is 11.2 Å². The zero-order valence-electron chi connectivity index (χ0n) is 9.78. The lowest BCUT2D eigenvalue weighted by molar-refractivity contribution is -0.122. The monoisotopic (exact) mass is 257 g/mol. The van der Waals surface area contributed by atoms with Crippen molar-refractivity contribution in [2.45, 2.75) is 19.8 Å². The van der Waals surface area contributed by atoms with Gasteiger partial charge in [0.05, 0.1) is 0 Å². The van der Waals surface area contributed by atoms with Gasteiger partial charge in [-0.25, -0.2) is 4.79 Å². The Morgan fingerprint density at radius 3 is 2.76 bits per heavy atom. The lowest BCUT2D eigenvalue weighted by atomic mass is 10.3. The number of amides is 1. The van der Waals surface area contributed by atoms with Crippen molar-refractivity contribution in [3.05, 3.63) is 15.8 Å². The predicted molar refractivity (Wildman–Crippen MR) is 64.8 cm³/mol. The van der Waals surface area contributed by atoms with E-state index in [0.717, 1.165) is 17.7 Å². The van der Waals surface area contributed by atoms with E-state index in [0.29, 0.717) is 0 Å². The lowest BCUT2D eigenvalue weighted by Gasteiger charge is -2.03. The van der Waals surface area contributed by atoms with Gasteiger partial charge in [-0.05, 0) is 12.5 Å². The van der Waals surface area contributed by atoms with E-state index in [1.54, 1.807) is 6.07 Å². The molecule has 1 heterocycles. The minimum absolute atomic E-state index is 0.150. The molecule has 0 bridgehead atoms. The molecule has 0 aliphatic rings. The molecule has 0 unspecified atom stereocenters. The number of ether oxygens (including phenoxy) is 1. The molecular formula is C11H15NO4S. The third-order valence-corrected chi connectivity index (χ3v) is 3.24. The van der Waals surface area contributed by atoms with E-state index < -0.39 is 5.97 Å². The van der Waals surface area contributed by atoms with E-state index in [1.807, 2.05) is 6.92 Å². The summed E-state index contributed by atoms with van der Waals surface area (Å²) in [6, 6.07) is 1.70. The van der Waals surface area contributed by atoms with Gasteiger partial charge in [-0.3, -0.25) is 4.79 Å². The molecule has 94 valence electrons. The van der Waals surface area contributed by atoms with Gasteiger partial charge in [0.2, 0.25) is 0 Å².